The van der Waals surface area contributed by atoms with E-state index >= 15 is 0 Å². The maximum absolute atomic E-state index is 13.1. The summed E-state index contributed by atoms with van der Waals surface area (Å²) in [5, 5.41) is 2.74. The first kappa shape index (κ1) is 16.1. The summed E-state index contributed by atoms with van der Waals surface area (Å²) >= 11 is 1.51. The van der Waals surface area contributed by atoms with Gasteiger partial charge >= 0.3 is 0 Å². The topological polar surface area (TPSA) is 46.3 Å². The fraction of sp³-hybridized carbons (Fsp3) is 0.300. The molecule has 25 heavy (non-hydrogen) atoms. The van der Waals surface area contributed by atoms with Crippen LogP contribution in [-0.4, -0.2) is 21.8 Å². The van der Waals surface area contributed by atoms with Gasteiger partial charge in [-0.1, -0.05) is 29.8 Å². The quantitative estimate of drug-likeness (QED) is 0.643. The molecule has 1 atom stereocenters. The smallest absolute Gasteiger partial charge is 0.274 e. The maximum atomic E-state index is 13.1. The first-order valence-electron chi connectivity index (χ1n) is 8.52. The van der Waals surface area contributed by atoms with Crippen LogP contribution < -0.4 is 0 Å². The molecule has 1 aliphatic rings. The van der Waals surface area contributed by atoms with E-state index in [0.29, 0.717) is 5.69 Å². The highest BCUT2D eigenvalue weighted by Crippen LogP contribution is 2.36. The number of aryl methyl sites for hydroxylation is 1. The van der Waals surface area contributed by atoms with Gasteiger partial charge in [0.05, 0.1) is 12.3 Å². The van der Waals surface area contributed by atoms with Crippen molar-refractivity contribution in [3.05, 3.63) is 65.1 Å². The molecule has 1 aromatic carbocycles. The molecule has 2 heterocycles. The molecule has 128 valence electrons. The number of carbonyl (C=O) groups excluding carboxylic acids is 1. The van der Waals surface area contributed by atoms with E-state index < -0.39 is 0 Å². The number of benzene rings is 1. The van der Waals surface area contributed by atoms with E-state index in [1.165, 1.54) is 16.9 Å². The van der Waals surface area contributed by atoms with Gasteiger partial charge in [0.25, 0.3) is 5.91 Å². The third-order valence-electron chi connectivity index (χ3n) is 4.57. The Labute approximate surface area is 151 Å². The zero-order chi connectivity index (χ0) is 17.4. The first-order chi connectivity index (χ1) is 12.1. The van der Waals surface area contributed by atoms with Crippen LogP contribution in [0.4, 0.5) is 0 Å². The van der Waals surface area contributed by atoms with E-state index in [1.54, 1.807) is 6.26 Å². The summed E-state index contributed by atoms with van der Waals surface area (Å²) in [5.41, 5.74) is 2.78. The lowest BCUT2D eigenvalue weighted by molar-refractivity contribution is 0.0647. The Hall–Kier alpha value is -2.40. The summed E-state index contributed by atoms with van der Waals surface area (Å²) in [6.07, 6.45) is 3.75. The summed E-state index contributed by atoms with van der Waals surface area (Å²) in [4.78, 5) is 19.6. The summed E-state index contributed by atoms with van der Waals surface area (Å²) in [6, 6.07) is 12.2. The predicted molar refractivity (Wildman–Crippen MR) is 98.6 cm³/mol. The van der Waals surface area contributed by atoms with Gasteiger partial charge in [0, 0.05) is 17.0 Å². The highest BCUT2D eigenvalue weighted by Gasteiger charge is 2.38. The number of rotatable bonds is 5. The lowest BCUT2D eigenvalue weighted by Gasteiger charge is -2.27. The monoisotopic (exact) mass is 352 g/mol. The van der Waals surface area contributed by atoms with E-state index in [2.05, 4.69) is 24.0 Å². The zero-order valence-electron chi connectivity index (χ0n) is 14.3. The SMILES string of the molecule is Cc1ccc(-c2nc(C(=O)N(C3CC3)C(C)c3ccco3)cs2)cc1. The van der Waals surface area contributed by atoms with Crippen molar-refractivity contribution in [2.24, 2.45) is 0 Å². The highest BCUT2D eigenvalue weighted by atomic mass is 32.1. The molecule has 0 radical (unpaired) electrons. The van der Waals surface area contributed by atoms with Crippen LogP contribution in [-0.2, 0) is 0 Å². The summed E-state index contributed by atoms with van der Waals surface area (Å²) in [5.74, 6) is 0.801. The molecule has 0 bridgehead atoms. The molecule has 0 spiro atoms. The lowest BCUT2D eigenvalue weighted by atomic mass is 10.1. The predicted octanol–water partition coefficient (Wildman–Crippen LogP) is 5.08. The number of hydrogen-bond donors (Lipinski definition) is 0. The zero-order valence-corrected chi connectivity index (χ0v) is 15.1. The Kier molecular flexibility index (Phi) is 4.17. The van der Waals surface area contributed by atoms with Gasteiger partial charge in [-0.3, -0.25) is 4.79 Å². The fourth-order valence-electron chi connectivity index (χ4n) is 3.01. The van der Waals surface area contributed by atoms with Crippen molar-refractivity contribution in [2.75, 3.05) is 0 Å². The Bertz CT molecular complexity index is 864. The van der Waals surface area contributed by atoms with Gasteiger partial charge in [-0.2, -0.15) is 0 Å². The van der Waals surface area contributed by atoms with Crippen molar-refractivity contribution in [1.82, 2.24) is 9.88 Å². The Morgan fingerprint density at radius 3 is 2.68 bits per heavy atom. The number of nitrogens with zero attached hydrogens (tertiary/aromatic N) is 2. The lowest BCUT2D eigenvalue weighted by Crippen LogP contribution is -2.35. The molecule has 1 aliphatic carbocycles. The number of hydrogen-bond acceptors (Lipinski definition) is 4. The molecule has 0 aliphatic heterocycles. The molecule has 3 aromatic rings. The van der Waals surface area contributed by atoms with Gasteiger partial charge < -0.3 is 9.32 Å². The molecule has 4 nitrogen and oxygen atoms in total. The van der Waals surface area contributed by atoms with Crippen LogP contribution in [0.2, 0.25) is 0 Å². The van der Waals surface area contributed by atoms with E-state index in [0.717, 1.165) is 29.2 Å². The van der Waals surface area contributed by atoms with Crippen molar-refractivity contribution in [3.8, 4) is 10.6 Å². The van der Waals surface area contributed by atoms with E-state index in [-0.39, 0.29) is 18.0 Å². The van der Waals surface area contributed by atoms with Crippen LogP contribution in [0.3, 0.4) is 0 Å². The largest absolute Gasteiger partial charge is 0.467 e. The van der Waals surface area contributed by atoms with Gasteiger partial charge in [0.15, 0.2) is 0 Å². The number of aromatic nitrogens is 1. The van der Waals surface area contributed by atoms with Crippen LogP contribution in [0.5, 0.6) is 0 Å². The molecule has 1 saturated carbocycles. The van der Waals surface area contributed by atoms with Crippen LogP contribution in [0.15, 0.2) is 52.5 Å². The molecule has 2 aromatic heterocycles. The van der Waals surface area contributed by atoms with E-state index in [4.69, 9.17) is 4.42 Å². The minimum absolute atomic E-state index is 0.0130. The summed E-state index contributed by atoms with van der Waals surface area (Å²) in [6.45, 7) is 4.08. The van der Waals surface area contributed by atoms with Crippen molar-refractivity contribution >= 4 is 17.2 Å². The van der Waals surface area contributed by atoms with Gasteiger partial charge in [0.1, 0.15) is 16.5 Å². The van der Waals surface area contributed by atoms with Gasteiger partial charge in [-0.25, -0.2) is 4.98 Å². The molecular formula is C20H20N2O2S. The van der Waals surface area contributed by atoms with Gasteiger partial charge in [0.2, 0.25) is 0 Å². The van der Waals surface area contributed by atoms with Crippen molar-refractivity contribution in [2.45, 2.75) is 38.8 Å². The van der Waals surface area contributed by atoms with Crippen LogP contribution >= 0.6 is 11.3 Å². The van der Waals surface area contributed by atoms with Crippen molar-refractivity contribution in [3.63, 3.8) is 0 Å². The molecule has 5 heteroatoms. The molecule has 0 saturated heterocycles. The van der Waals surface area contributed by atoms with E-state index in [1.807, 2.05) is 41.5 Å². The van der Waals surface area contributed by atoms with Gasteiger partial charge in [-0.05, 0) is 38.8 Å². The van der Waals surface area contributed by atoms with Crippen LogP contribution in [0.1, 0.15) is 47.6 Å². The third kappa shape index (κ3) is 3.24. The van der Waals surface area contributed by atoms with Crippen molar-refractivity contribution < 1.29 is 9.21 Å². The Balaban J connectivity index is 1.60. The van der Waals surface area contributed by atoms with E-state index in [9.17, 15) is 4.79 Å². The molecule has 1 amide bonds. The fourth-order valence-corrected chi connectivity index (χ4v) is 3.81. The second-order valence-electron chi connectivity index (χ2n) is 6.54. The average molecular weight is 352 g/mol. The van der Waals surface area contributed by atoms with Crippen molar-refractivity contribution in [1.29, 1.82) is 0 Å². The maximum Gasteiger partial charge on any atom is 0.274 e. The standard InChI is InChI=1S/C20H20N2O2S/c1-13-5-7-15(8-6-13)19-21-17(12-25-19)20(23)22(16-9-10-16)14(2)18-4-3-11-24-18/h3-8,11-12,14,16H,9-10H2,1-2H3. The second-order valence-corrected chi connectivity index (χ2v) is 7.40. The molecule has 1 fully saturated rings. The van der Waals surface area contributed by atoms with Crippen LogP contribution in [0.25, 0.3) is 10.6 Å². The first-order valence-corrected chi connectivity index (χ1v) is 9.40. The highest BCUT2D eigenvalue weighted by molar-refractivity contribution is 7.13. The number of furan rings is 1. The summed E-state index contributed by atoms with van der Waals surface area (Å²) < 4.78 is 5.51. The molecule has 1 unspecified atom stereocenters. The molecule has 0 N–H and O–H groups in total. The number of thiazole rings is 1. The second kappa shape index (κ2) is 6.48. The third-order valence-corrected chi connectivity index (χ3v) is 5.46. The normalized spacial score (nSPS) is 15.1. The number of amides is 1. The summed E-state index contributed by atoms with van der Waals surface area (Å²) in [7, 11) is 0. The Morgan fingerprint density at radius 2 is 2.04 bits per heavy atom. The Morgan fingerprint density at radius 1 is 1.28 bits per heavy atom. The average Bonchev–Trinajstić information content (AvgIpc) is 3.12. The minimum Gasteiger partial charge on any atom is -0.467 e. The minimum atomic E-state index is -0.0838. The number of carbonyl (C=O) groups is 1. The van der Waals surface area contributed by atoms with Gasteiger partial charge in [-0.15, -0.1) is 11.3 Å². The molecule has 4 rings (SSSR count). The molecular weight excluding hydrogens is 332 g/mol. The van der Waals surface area contributed by atoms with Crippen LogP contribution in [0, 0.1) is 6.92 Å².